The van der Waals surface area contributed by atoms with Crippen LogP contribution in [0.4, 0.5) is 0 Å². The Bertz CT molecular complexity index is 1260. The molecule has 1 aliphatic carbocycles. The first-order valence-electron chi connectivity index (χ1n) is 10.6. The first-order valence-corrected chi connectivity index (χ1v) is 10.6. The van der Waals surface area contributed by atoms with E-state index in [4.69, 9.17) is 9.41 Å². The van der Waals surface area contributed by atoms with Crippen molar-refractivity contribution in [2.24, 2.45) is 16.8 Å². The smallest absolute Gasteiger partial charge is 0.144 e. The molecule has 29 heavy (non-hydrogen) atoms. The first kappa shape index (κ1) is 16.8. The van der Waals surface area contributed by atoms with Gasteiger partial charge in [0.2, 0.25) is 0 Å². The summed E-state index contributed by atoms with van der Waals surface area (Å²) < 4.78 is 6.47. The molecule has 1 aliphatic heterocycles. The fraction of sp³-hybridized carbons (Fsp3) is 0.222. The van der Waals surface area contributed by atoms with Crippen LogP contribution in [0.3, 0.4) is 0 Å². The van der Waals surface area contributed by atoms with E-state index in [-0.39, 0.29) is 0 Å². The minimum atomic E-state index is 0.521. The fourth-order valence-corrected chi connectivity index (χ4v) is 5.14. The third kappa shape index (κ3) is 2.74. The van der Waals surface area contributed by atoms with Gasteiger partial charge in [0, 0.05) is 28.5 Å². The van der Waals surface area contributed by atoms with Crippen LogP contribution in [0.5, 0.6) is 0 Å². The molecule has 0 amide bonds. The molecule has 1 saturated carbocycles. The SMILES string of the molecule is C1=CC2CCCCC2C(c2cccc3c2oc2cc(-c4ccccc4)ccc23)=N1. The molecule has 0 bridgehead atoms. The summed E-state index contributed by atoms with van der Waals surface area (Å²) in [5.41, 5.74) is 6.70. The lowest BCUT2D eigenvalue weighted by atomic mass is 9.74. The van der Waals surface area contributed by atoms with Gasteiger partial charge in [-0.05, 0) is 48.1 Å². The van der Waals surface area contributed by atoms with Crippen molar-refractivity contribution in [1.82, 2.24) is 0 Å². The Morgan fingerprint density at radius 3 is 2.62 bits per heavy atom. The Balaban J connectivity index is 1.52. The van der Waals surface area contributed by atoms with Crippen LogP contribution >= 0.6 is 0 Å². The molecule has 4 aromatic rings. The van der Waals surface area contributed by atoms with Gasteiger partial charge < -0.3 is 4.42 Å². The van der Waals surface area contributed by atoms with E-state index in [1.54, 1.807) is 0 Å². The molecule has 2 atom stereocenters. The van der Waals surface area contributed by atoms with E-state index in [1.807, 2.05) is 12.3 Å². The van der Waals surface area contributed by atoms with Gasteiger partial charge in [0.25, 0.3) is 0 Å². The maximum Gasteiger partial charge on any atom is 0.144 e. The number of para-hydroxylation sites is 1. The first-order chi connectivity index (χ1) is 14.4. The van der Waals surface area contributed by atoms with E-state index < -0.39 is 0 Å². The highest BCUT2D eigenvalue weighted by atomic mass is 16.3. The molecule has 1 aromatic heterocycles. The van der Waals surface area contributed by atoms with Gasteiger partial charge in [-0.25, -0.2) is 0 Å². The van der Waals surface area contributed by atoms with Crippen LogP contribution in [0.2, 0.25) is 0 Å². The molecule has 2 heteroatoms. The second-order valence-corrected chi connectivity index (χ2v) is 8.27. The molecule has 0 spiro atoms. The van der Waals surface area contributed by atoms with Crippen molar-refractivity contribution in [3.63, 3.8) is 0 Å². The average molecular weight is 377 g/mol. The largest absolute Gasteiger partial charge is 0.455 e. The second kappa shape index (κ2) is 6.73. The zero-order valence-corrected chi connectivity index (χ0v) is 16.3. The molecule has 0 radical (unpaired) electrons. The zero-order valence-electron chi connectivity index (χ0n) is 16.3. The third-order valence-electron chi connectivity index (χ3n) is 6.60. The lowest BCUT2D eigenvalue weighted by Gasteiger charge is -2.32. The van der Waals surface area contributed by atoms with Gasteiger partial charge in [-0.15, -0.1) is 0 Å². The summed E-state index contributed by atoms with van der Waals surface area (Å²) in [5, 5.41) is 2.36. The Morgan fingerprint density at radius 1 is 0.793 bits per heavy atom. The van der Waals surface area contributed by atoms with Gasteiger partial charge in [0.1, 0.15) is 11.2 Å². The maximum absolute atomic E-state index is 6.47. The van der Waals surface area contributed by atoms with Crippen LogP contribution in [0.15, 0.2) is 88.4 Å². The molecule has 142 valence electrons. The van der Waals surface area contributed by atoms with Crippen LogP contribution in [-0.4, -0.2) is 5.71 Å². The highest BCUT2D eigenvalue weighted by Gasteiger charge is 2.31. The molecule has 2 unspecified atom stereocenters. The highest BCUT2D eigenvalue weighted by Crippen LogP contribution is 2.39. The standard InChI is InChI=1S/C27H23NO/c1-2-7-18(8-3-1)20-13-14-22-23-11-6-12-24(27(23)29-25(22)17-20)26-21-10-5-4-9-19(21)15-16-28-26/h1-3,6-8,11-17,19,21H,4-5,9-10H2. The van der Waals surface area contributed by atoms with E-state index in [2.05, 4.69) is 66.7 Å². The summed E-state index contributed by atoms with van der Waals surface area (Å²) in [5.74, 6) is 1.15. The number of allylic oxidation sites excluding steroid dienone is 1. The molecule has 0 saturated heterocycles. The molecule has 2 aliphatic rings. The number of hydrogen-bond acceptors (Lipinski definition) is 2. The third-order valence-corrected chi connectivity index (χ3v) is 6.60. The zero-order chi connectivity index (χ0) is 19.2. The second-order valence-electron chi connectivity index (χ2n) is 8.27. The minimum Gasteiger partial charge on any atom is -0.455 e. The number of hydrogen-bond donors (Lipinski definition) is 0. The average Bonchev–Trinajstić information content (AvgIpc) is 3.17. The van der Waals surface area contributed by atoms with Gasteiger partial charge in [0.05, 0.1) is 5.71 Å². The van der Waals surface area contributed by atoms with Crippen molar-refractivity contribution in [3.8, 4) is 11.1 Å². The number of nitrogens with zero attached hydrogens (tertiary/aromatic N) is 1. The summed E-state index contributed by atoms with van der Waals surface area (Å²) in [6, 6.07) is 23.5. The van der Waals surface area contributed by atoms with Gasteiger partial charge >= 0.3 is 0 Å². The summed E-state index contributed by atoms with van der Waals surface area (Å²) in [4.78, 5) is 4.85. The van der Waals surface area contributed by atoms with Crippen molar-refractivity contribution in [1.29, 1.82) is 0 Å². The Morgan fingerprint density at radius 2 is 1.69 bits per heavy atom. The van der Waals surface area contributed by atoms with Crippen LogP contribution in [0, 0.1) is 11.8 Å². The van der Waals surface area contributed by atoms with Crippen LogP contribution in [0.25, 0.3) is 33.1 Å². The van der Waals surface area contributed by atoms with Crippen molar-refractivity contribution in [2.45, 2.75) is 25.7 Å². The predicted octanol–water partition coefficient (Wildman–Crippen LogP) is 7.38. The Hall–Kier alpha value is -3.13. The van der Waals surface area contributed by atoms with E-state index in [0.717, 1.165) is 11.2 Å². The molecular formula is C27H23NO. The maximum atomic E-state index is 6.47. The molecular weight excluding hydrogens is 354 g/mol. The van der Waals surface area contributed by atoms with Gasteiger partial charge in [-0.3, -0.25) is 4.99 Å². The molecule has 2 nitrogen and oxygen atoms in total. The lowest BCUT2D eigenvalue weighted by molar-refractivity contribution is 0.353. The lowest BCUT2D eigenvalue weighted by Crippen LogP contribution is -2.28. The normalized spacial score (nSPS) is 21.3. The highest BCUT2D eigenvalue weighted by molar-refractivity contribution is 6.16. The van der Waals surface area contributed by atoms with E-state index in [1.165, 1.54) is 58.9 Å². The Kier molecular flexibility index (Phi) is 3.90. The van der Waals surface area contributed by atoms with Gasteiger partial charge in [0.15, 0.2) is 0 Å². The van der Waals surface area contributed by atoms with Crippen LogP contribution in [0.1, 0.15) is 31.2 Å². The van der Waals surface area contributed by atoms with E-state index in [9.17, 15) is 0 Å². The van der Waals surface area contributed by atoms with Crippen molar-refractivity contribution >= 4 is 27.7 Å². The number of fused-ring (bicyclic) bond motifs is 4. The number of aliphatic imine (C=N–C) groups is 1. The monoisotopic (exact) mass is 377 g/mol. The van der Waals surface area contributed by atoms with E-state index in [0.29, 0.717) is 11.8 Å². The molecule has 0 N–H and O–H groups in total. The molecule has 1 fully saturated rings. The number of rotatable bonds is 2. The topological polar surface area (TPSA) is 25.5 Å². The summed E-state index contributed by atoms with van der Waals surface area (Å²) in [6.45, 7) is 0. The summed E-state index contributed by atoms with van der Waals surface area (Å²) in [6.07, 6.45) is 9.44. The van der Waals surface area contributed by atoms with Gasteiger partial charge in [-0.2, -0.15) is 0 Å². The summed E-state index contributed by atoms with van der Waals surface area (Å²) in [7, 11) is 0. The van der Waals surface area contributed by atoms with Crippen LogP contribution in [-0.2, 0) is 0 Å². The predicted molar refractivity (Wildman–Crippen MR) is 120 cm³/mol. The quantitative estimate of drug-likeness (QED) is 0.358. The van der Waals surface area contributed by atoms with E-state index >= 15 is 0 Å². The van der Waals surface area contributed by atoms with Crippen LogP contribution < -0.4 is 0 Å². The van der Waals surface area contributed by atoms with Crippen molar-refractivity contribution in [2.75, 3.05) is 0 Å². The molecule has 6 rings (SSSR count). The Labute approximate surface area is 170 Å². The van der Waals surface area contributed by atoms with Crippen molar-refractivity contribution < 1.29 is 4.42 Å². The number of furan rings is 1. The van der Waals surface area contributed by atoms with Crippen molar-refractivity contribution in [3.05, 3.63) is 84.6 Å². The number of benzene rings is 3. The fourth-order valence-electron chi connectivity index (χ4n) is 5.14. The summed E-state index contributed by atoms with van der Waals surface area (Å²) >= 11 is 0. The van der Waals surface area contributed by atoms with Gasteiger partial charge in [-0.1, -0.05) is 67.4 Å². The molecule has 2 heterocycles. The minimum absolute atomic E-state index is 0.521. The molecule has 3 aromatic carbocycles.